The average Bonchev–Trinajstić information content (AvgIpc) is 2.85. The van der Waals surface area contributed by atoms with E-state index in [0.29, 0.717) is 5.92 Å². The smallest absolute Gasteiger partial charge is 0.234 e. The molecule has 3 unspecified atom stereocenters. The predicted octanol–water partition coefficient (Wildman–Crippen LogP) is 2.98. The van der Waals surface area contributed by atoms with Crippen LogP contribution in [0.3, 0.4) is 0 Å². The molecule has 1 aliphatic carbocycles. The number of carbonyl (C=O) groups is 1. The number of nitrogens with zero attached hydrogens (tertiary/aromatic N) is 1. The number of halogens is 1. The Morgan fingerprint density at radius 3 is 2.79 bits per heavy atom. The Bertz CT molecular complexity index is 594. The van der Waals surface area contributed by atoms with Crippen molar-refractivity contribution in [1.82, 2.24) is 4.90 Å². The molecule has 0 aromatic heterocycles. The SMILES string of the molecule is Cl.NC(=O)C1CCC2OC([C@@H]3CCCc4ccccc43)CCCN21. The van der Waals surface area contributed by atoms with Gasteiger partial charge in [-0.1, -0.05) is 24.3 Å². The van der Waals surface area contributed by atoms with Crippen molar-refractivity contribution in [3.8, 4) is 0 Å². The summed E-state index contributed by atoms with van der Waals surface area (Å²) in [6.45, 7) is 0.934. The Balaban J connectivity index is 0.00000169. The monoisotopic (exact) mass is 350 g/mol. The first kappa shape index (κ1) is 17.7. The van der Waals surface area contributed by atoms with Crippen molar-refractivity contribution < 1.29 is 9.53 Å². The van der Waals surface area contributed by atoms with Crippen LogP contribution in [0.2, 0.25) is 0 Å². The Labute approximate surface area is 150 Å². The highest BCUT2D eigenvalue weighted by atomic mass is 35.5. The van der Waals surface area contributed by atoms with Gasteiger partial charge in [-0.2, -0.15) is 0 Å². The maximum atomic E-state index is 11.6. The maximum Gasteiger partial charge on any atom is 0.234 e. The van der Waals surface area contributed by atoms with Gasteiger partial charge in [0.2, 0.25) is 5.91 Å². The molecule has 1 amide bonds. The molecule has 1 aromatic carbocycles. The highest BCUT2D eigenvalue weighted by molar-refractivity contribution is 5.85. The summed E-state index contributed by atoms with van der Waals surface area (Å²) in [7, 11) is 0. The Hall–Kier alpha value is -1.10. The molecule has 24 heavy (non-hydrogen) atoms. The molecule has 2 fully saturated rings. The largest absolute Gasteiger partial charge is 0.368 e. The molecule has 2 heterocycles. The van der Waals surface area contributed by atoms with Gasteiger partial charge < -0.3 is 10.5 Å². The predicted molar refractivity (Wildman–Crippen MR) is 96.2 cm³/mol. The molecule has 3 aliphatic rings. The molecule has 0 saturated carbocycles. The fourth-order valence-corrected chi connectivity index (χ4v) is 4.80. The number of aryl methyl sites for hydroxylation is 1. The second-order valence-electron chi connectivity index (χ2n) is 7.20. The lowest BCUT2D eigenvalue weighted by atomic mass is 9.78. The number of carbonyl (C=O) groups excluding carboxylic acids is 1. The second kappa shape index (κ2) is 7.42. The summed E-state index contributed by atoms with van der Waals surface area (Å²) in [5.74, 6) is 0.310. The zero-order valence-corrected chi connectivity index (χ0v) is 14.8. The van der Waals surface area contributed by atoms with Gasteiger partial charge in [-0.3, -0.25) is 9.69 Å². The van der Waals surface area contributed by atoms with E-state index in [4.69, 9.17) is 10.5 Å². The van der Waals surface area contributed by atoms with Crippen molar-refractivity contribution in [3.05, 3.63) is 35.4 Å². The number of nitrogens with two attached hydrogens (primary N) is 1. The lowest BCUT2D eigenvalue weighted by molar-refractivity contribution is -0.128. The van der Waals surface area contributed by atoms with E-state index >= 15 is 0 Å². The average molecular weight is 351 g/mol. The third-order valence-corrected chi connectivity index (χ3v) is 5.89. The summed E-state index contributed by atoms with van der Waals surface area (Å²) in [5, 5.41) is 0. The van der Waals surface area contributed by atoms with Crippen LogP contribution in [0.25, 0.3) is 0 Å². The van der Waals surface area contributed by atoms with Crippen LogP contribution in [0.5, 0.6) is 0 Å². The van der Waals surface area contributed by atoms with Gasteiger partial charge in [0.1, 0.15) is 6.23 Å². The fourth-order valence-electron chi connectivity index (χ4n) is 4.80. The van der Waals surface area contributed by atoms with Crippen molar-refractivity contribution in [3.63, 3.8) is 0 Å². The van der Waals surface area contributed by atoms with E-state index in [1.165, 1.54) is 30.4 Å². The van der Waals surface area contributed by atoms with Gasteiger partial charge in [-0.25, -0.2) is 0 Å². The standard InChI is InChI=1S/C19H26N2O2.ClH/c20-19(22)16-10-11-18-21(16)12-4-9-17(23-18)15-8-3-6-13-5-1-2-7-14(13)15;/h1-2,5,7,15-18H,3-4,6,8-12H2,(H2,20,22);1H/t15-,16?,17?,18?;/m1./s1. The van der Waals surface area contributed by atoms with Crippen molar-refractivity contribution in [2.45, 2.75) is 69.2 Å². The fraction of sp³-hybridized carbons (Fsp3) is 0.632. The van der Waals surface area contributed by atoms with Gasteiger partial charge in [0, 0.05) is 12.5 Å². The van der Waals surface area contributed by atoms with Crippen LogP contribution >= 0.6 is 12.4 Å². The highest BCUT2D eigenvalue weighted by Gasteiger charge is 2.41. The van der Waals surface area contributed by atoms with Crippen molar-refractivity contribution in [2.24, 2.45) is 5.73 Å². The zero-order valence-electron chi connectivity index (χ0n) is 14.0. The van der Waals surface area contributed by atoms with E-state index in [1.807, 2.05) is 0 Å². The Morgan fingerprint density at radius 2 is 1.96 bits per heavy atom. The molecular weight excluding hydrogens is 324 g/mol. The van der Waals surface area contributed by atoms with Gasteiger partial charge in [-0.05, 0) is 56.1 Å². The molecule has 5 heteroatoms. The van der Waals surface area contributed by atoms with E-state index < -0.39 is 0 Å². The van der Waals surface area contributed by atoms with Gasteiger partial charge >= 0.3 is 0 Å². The molecule has 0 radical (unpaired) electrons. The summed E-state index contributed by atoms with van der Waals surface area (Å²) < 4.78 is 6.53. The first-order valence-corrected chi connectivity index (χ1v) is 9.02. The number of primary amides is 1. The third kappa shape index (κ3) is 3.19. The number of hydrogen-bond donors (Lipinski definition) is 1. The van der Waals surface area contributed by atoms with Crippen LogP contribution in [-0.2, 0) is 16.0 Å². The van der Waals surface area contributed by atoms with Gasteiger partial charge in [-0.15, -0.1) is 12.4 Å². The topological polar surface area (TPSA) is 55.6 Å². The number of amides is 1. The van der Waals surface area contributed by atoms with Crippen LogP contribution in [0.1, 0.15) is 55.6 Å². The molecule has 4 atom stereocenters. The van der Waals surface area contributed by atoms with Crippen molar-refractivity contribution >= 4 is 18.3 Å². The summed E-state index contributed by atoms with van der Waals surface area (Å²) in [6, 6.07) is 8.72. The van der Waals surface area contributed by atoms with E-state index in [0.717, 1.165) is 32.2 Å². The molecule has 1 aromatic rings. The van der Waals surface area contributed by atoms with E-state index in [9.17, 15) is 4.79 Å². The first-order chi connectivity index (χ1) is 11.2. The summed E-state index contributed by atoms with van der Waals surface area (Å²) >= 11 is 0. The molecule has 4 rings (SSSR count). The molecule has 0 bridgehead atoms. The van der Waals surface area contributed by atoms with Crippen LogP contribution in [0, 0.1) is 0 Å². The molecule has 4 nitrogen and oxygen atoms in total. The second-order valence-corrected chi connectivity index (χ2v) is 7.20. The molecule has 2 N–H and O–H groups in total. The number of fused-ring (bicyclic) bond motifs is 2. The molecule has 2 aliphatic heterocycles. The van der Waals surface area contributed by atoms with E-state index in [1.54, 1.807) is 0 Å². The van der Waals surface area contributed by atoms with Crippen LogP contribution in [0.4, 0.5) is 0 Å². The van der Waals surface area contributed by atoms with Crippen LogP contribution < -0.4 is 5.73 Å². The quantitative estimate of drug-likeness (QED) is 0.892. The first-order valence-electron chi connectivity index (χ1n) is 9.02. The molecular formula is C19H27ClN2O2. The van der Waals surface area contributed by atoms with Crippen molar-refractivity contribution in [1.29, 1.82) is 0 Å². The van der Waals surface area contributed by atoms with Gasteiger partial charge in [0.15, 0.2) is 0 Å². The Kier molecular flexibility index (Phi) is 5.48. The maximum absolute atomic E-state index is 11.6. The summed E-state index contributed by atoms with van der Waals surface area (Å²) in [6.07, 6.45) is 7.95. The summed E-state index contributed by atoms with van der Waals surface area (Å²) in [4.78, 5) is 13.8. The lowest BCUT2D eigenvalue weighted by Gasteiger charge is -2.34. The minimum absolute atomic E-state index is 0. The number of ether oxygens (including phenoxy) is 1. The minimum Gasteiger partial charge on any atom is -0.368 e. The lowest BCUT2D eigenvalue weighted by Crippen LogP contribution is -2.44. The third-order valence-electron chi connectivity index (χ3n) is 5.89. The highest BCUT2D eigenvalue weighted by Crippen LogP contribution is 2.40. The van der Waals surface area contributed by atoms with Crippen LogP contribution in [0.15, 0.2) is 24.3 Å². The normalized spacial score (nSPS) is 33.0. The molecule has 132 valence electrons. The van der Waals surface area contributed by atoms with Gasteiger partial charge in [0.05, 0.1) is 12.1 Å². The molecule has 0 spiro atoms. The zero-order chi connectivity index (χ0) is 15.8. The molecule has 2 saturated heterocycles. The van der Waals surface area contributed by atoms with Gasteiger partial charge in [0.25, 0.3) is 0 Å². The summed E-state index contributed by atoms with van der Waals surface area (Å²) in [5.41, 5.74) is 8.54. The van der Waals surface area contributed by atoms with Crippen molar-refractivity contribution in [2.75, 3.05) is 6.54 Å². The number of hydrogen-bond acceptors (Lipinski definition) is 3. The van der Waals surface area contributed by atoms with E-state index in [2.05, 4.69) is 29.2 Å². The Morgan fingerprint density at radius 1 is 1.12 bits per heavy atom. The van der Waals surface area contributed by atoms with Crippen LogP contribution in [-0.4, -0.2) is 35.7 Å². The number of benzene rings is 1. The number of rotatable bonds is 2. The van der Waals surface area contributed by atoms with E-state index in [-0.39, 0.29) is 36.7 Å². The minimum atomic E-state index is -0.197.